The molecule has 1 aromatic carbocycles. The van der Waals surface area contributed by atoms with Gasteiger partial charge in [0.05, 0.1) is 12.1 Å². The number of rotatable bonds is 10. The Morgan fingerprint density at radius 1 is 1.03 bits per heavy atom. The van der Waals surface area contributed by atoms with Gasteiger partial charge >= 0.3 is 6.09 Å². The zero-order valence-corrected chi connectivity index (χ0v) is 22.1. The van der Waals surface area contributed by atoms with Gasteiger partial charge in [-0.15, -0.1) is 0 Å². The van der Waals surface area contributed by atoms with Crippen molar-refractivity contribution in [3.8, 4) is 0 Å². The highest BCUT2D eigenvalue weighted by molar-refractivity contribution is 5.90. The first kappa shape index (κ1) is 28.0. The number of nitrogens with two attached hydrogens (primary N) is 1. The summed E-state index contributed by atoms with van der Waals surface area (Å²) in [6.07, 6.45) is 8.37. The third kappa shape index (κ3) is 8.50. The maximum Gasteiger partial charge on any atom is 0.407 e. The van der Waals surface area contributed by atoms with Crippen molar-refractivity contribution in [3.63, 3.8) is 0 Å². The van der Waals surface area contributed by atoms with Crippen LogP contribution in [-0.2, 0) is 20.7 Å². The van der Waals surface area contributed by atoms with Crippen molar-refractivity contribution < 1.29 is 19.1 Å². The number of carbonyl (C=O) groups is 3. The highest BCUT2D eigenvalue weighted by Gasteiger charge is 2.31. The van der Waals surface area contributed by atoms with Gasteiger partial charge in [-0.25, -0.2) is 4.79 Å². The van der Waals surface area contributed by atoms with Gasteiger partial charge < -0.3 is 26.4 Å². The predicted octanol–water partition coefficient (Wildman–Crippen LogP) is 3.88. The Hall–Kier alpha value is -2.61. The molecule has 0 radical (unpaired) electrons. The molecule has 3 atom stereocenters. The number of fused-ring (bicyclic) bond motifs is 1. The Morgan fingerprint density at radius 3 is 2.47 bits per heavy atom. The van der Waals surface area contributed by atoms with Crippen molar-refractivity contribution in [1.82, 2.24) is 16.0 Å². The van der Waals surface area contributed by atoms with E-state index in [1.165, 1.54) is 5.56 Å². The number of unbranched alkanes of at least 4 members (excludes halogenated alkanes) is 1. The van der Waals surface area contributed by atoms with E-state index in [1.807, 2.05) is 32.9 Å². The number of ether oxygens (including phenoxy) is 1. The average Bonchev–Trinajstić information content (AvgIpc) is 3.36. The lowest BCUT2D eigenvalue weighted by Crippen LogP contribution is -2.53. The van der Waals surface area contributed by atoms with Gasteiger partial charge in [0.25, 0.3) is 0 Å². The fourth-order valence-electron chi connectivity index (χ4n) is 5.22. The minimum absolute atomic E-state index is 0.0563. The monoisotopic (exact) mass is 500 g/mol. The van der Waals surface area contributed by atoms with Crippen LogP contribution in [0, 0.1) is 5.92 Å². The number of hydrogen-bond acceptors (Lipinski definition) is 5. The number of hydrogen-bond donors (Lipinski definition) is 4. The predicted molar refractivity (Wildman–Crippen MR) is 140 cm³/mol. The minimum Gasteiger partial charge on any atom is -0.444 e. The SMILES string of the molecule is CC(C)(C)OC(=O)NCCCC[C@H](NC(=O)C(N)C1CCCC1)C(=O)NC1CCCc2ccccc21. The molecule has 3 rings (SSSR count). The minimum atomic E-state index is -0.666. The van der Waals surface area contributed by atoms with Gasteiger partial charge in [0.2, 0.25) is 11.8 Å². The number of benzene rings is 1. The Labute approximate surface area is 215 Å². The van der Waals surface area contributed by atoms with Gasteiger partial charge in [0.15, 0.2) is 0 Å². The maximum absolute atomic E-state index is 13.4. The normalized spacial score (nSPS) is 19.6. The summed E-state index contributed by atoms with van der Waals surface area (Å²) in [5, 5.41) is 8.89. The van der Waals surface area contributed by atoms with Gasteiger partial charge in [-0.2, -0.15) is 0 Å². The number of nitrogens with one attached hydrogen (secondary N) is 3. The van der Waals surface area contributed by atoms with E-state index in [1.54, 1.807) is 0 Å². The molecule has 0 aromatic heterocycles. The fraction of sp³-hybridized carbons (Fsp3) is 0.679. The standard InChI is InChI=1S/C28H44N4O4/c1-28(2,3)36-27(35)30-18-9-8-16-23(32-26(34)24(29)20-12-4-5-13-20)25(33)31-22-17-10-14-19-11-6-7-15-21(19)22/h6-7,11,15,20,22-24H,4-5,8-10,12-14,16-18,29H2,1-3H3,(H,30,35)(H,31,33)(H,32,34)/t22?,23-,24?/m0/s1. The molecule has 2 unspecified atom stereocenters. The van der Waals surface area contributed by atoms with Crippen molar-refractivity contribution >= 4 is 17.9 Å². The second-order valence-electron chi connectivity index (χ2n) is 11.2. The van der Waals surface area contributed by atoms with Gasteiger partial charge in [-0.05, 0) is 89.2 Å². The van der Waals surface area contributed by atoms with E-state index < -0.39 is 23.8 Å². The van der Waals surface area contributed by atoms with Crippen LogP contribution in [0.2, 0.25) is 0 Å². The van der Waals surface area contributed by atoms with Crippen LogP contribution in [0.1, 0.15) is 95.7 Å². The second kappa shape index (κ2) is 13.1. The molecular formula is C28H44N4O4. The first-order valence-electron chi connectivity index (χ1n) is 13.5. The highest BCUT2D eigenvalue weighted by Crippen LogP contribution is 2.30. The van der Waals surface area contributed by atoms with Crippen molar-refractivity contribution in [1.29, 1.82) is 0 Å². The summed E-state index contributed by atoms with van der Waals surface area (Å²) in [5.74, 6) is -0.251. The van der Waals surface area contributed by atoms with Gasteiger partial charge in [-0.3, -0.25) is 9.59 Å². The third-order valence-corrected chi connectivity index (χ3v) is 7.12. The molecule has 36 heavy (non-hydrogen) atoms. The lowest BCUT2D eigenvalue weighted by Gasteiger charge is -2.29. The smallest absolute Gasteiger partial charge is 0.407 e. The first-order valence-corrected chi connectivity index (χ1v) is 13.5. The Bertz CT molecular complexity index is 892. The topological polar surface area (TPSA) is 123 Å². The van der Waals surface area contributed by atoms with Crippen molar-refractivity contribution in [2.75, 3.05) is 6.54 Å². The molecule has 1 aromatic rings. The lowest BCUT2D eigenvalue weighted by molar-refractivity contribution is -0.130. The molecule has 0 spiro atoms. The summed E-state index contributed by atoms with van der Waals surface area (Å²) in [5.41, 5.74) is 8.15. The molecule has 1 saturated carbocycles. The van der Waals surface area contributed by atoms with E-state index in [4.69, 9.17) is 10.5 Å². The van der Waals surface area contributed by atoms with E-state index in [2.05, 4.69) is 28.1 Å². The van der Waals surface area contributed by atoms with E-state index in [0.29, 0.717) is 25.8 Å². The summed E-state index contributed by atoms with van der Waals surface area (Å²) in [6, 6.07) is 6.91. The lowest BCUT2D eigenvalue weighted by atomic mass is 9.87. The summed E-state index contributed by atoms with van der Waals surface area (Å²) in [6.45, 7) is 5.90. The van der Waals surface area contributed by atoms with Gasteiger partial charge in [-0.1, -0.05) is 37.1 Å². The first-order chi connectivity index (χ1) is 17.1. The molecular weight excluding hydrogens is 456 g/mol. The molecule has 0 bridgehead atoms. The van der Waals surface area contributed by atoms with Crippen LogP contribution in [0.5, 0.6) is 0 Å². The summed E-state index contributed by atoms with van der Waals surface area (Å²) < 4.78 is 5.26. The van der Waals surface area contributed by atoms with E-state index in [-0.39, 0.29) is 23.8 Å². The molecule has 2 aliphatic rings. The molecule has 8 nitrogen and oxygen atoms in total. The highest BCUT2D eigenvalue weighted by atomic mass is 16.6. The van der Waals surface area contributed by atoms with Crippen LogP contribution in [0.4, 0.5) is 4.79 Å². The molecule has 3 amide bonds. The number of alkyl carbamates (subject to hydrolysis) is 1. The molecule has 2 aliphatic carbocycles. The van der Waals surface area contributed by atoms with Crippen LogP contribution < -0.4 is 21.7 Å². The Balaban J connectivity index is 1.57. The maximum atomic E-state index is 13.4. The summed E-state index contributed by atoms with van der Waals surface area (Å²) in [4.78, 5) is 38.2. The summed E-state index contributed by atoms with van der Waals surface area (Å²) >= 11 is 0. The van der Waals surface area contributed by atoms with Crippen molar-refractivity contribution in [2.45, 2.75) is 109 Å². The quantitative estimate of drug-likeness (QED) is 0.363. The molecule has 0 heterocycles. The van der Waals surface area contributed by atoms with Gasteiger partial charge in [0.1, 0.15) is 11.6 Å². The molecule has 5 N–H and O–H groups in total. The molecule has 8 heteroatoms. The number of aryl methyl sites for hydroxylation is 1. The largest absolute Gasteiger partial charge is 0.444 e. The molecule has 0 aliphatic heterocycles. The zero-order chi connectivity index (χ0) is 26.1. The fourth-order valence-corrected chi connectivity index (χ4v) is 5.22. The zero-order valence-electron chi connectivity index (χ0n) is 22.1. The Morgan fingerprint density at radius 2 is 1.75 bits per heavy atom. The molecule has 1 fully saturated rings. The van der Waals surface area contributed by atoms with Crippen LogP contribution in [-0.4, -0.2) is 42.1 Å². The van der Waals surface area contributed by atoms with E-state index >= 15 is 0 Å². The van der Waals surface area contributed by atoms with E-state index in [0.717, 1.165) is 50.5 Å². The van der Waals surface area contributed by atoms with Crippen LogP contribution >= 0.6 is 0 Å². The van der Waals surface area contributed by atoms with Crippen molar-refractivity contribution in [3.05, 3.63) is 35.4 Å². The van der Waals surface area contributed by atoms with Crippen LogP contribution in [0.15, 0.2) is 24.3 Å². The third-order valence-electron chi connectivity index (χ3n) is 7.12. The number of amides is 3. The van der Waals surface area contributed by atoms with Crippen LogP contribution in [0.25, 0.3) is 0 Å². The van der Waals surface area contributed by atoms with Gasteiger partial charge in [0, 0.05) is 6.54 Å². The van der Waals surface area contributed by atoms with Crippen LogP contribution in [0.3, 0.4) is 0 Å². The van der Waals surface area contributed by atoms with E-state index in [9.17, 15) is 14.4 Å². The summed E-state index contributed by atoms with van der Waals surface area (Å²) in [7, 11) is 0. The Kier molecular flexibility index (Phi) is 10.2. The molecule has 200 valence electrons. The second-order valence-corrected chi connectivity index (χ2v) is 11.2. The number of carbonyl (C=O) groups excluding carboxylic acids is 3. The average molecular weight is 501 g/mol. The molecule has 0 saturated heterocycles. The van der Waals surface area contributed by atoms with Crippen molar-refractivity contribution in [2.24, 2.45) is 11.7 Å².